The van der Waals surface area contributed by atoms with Gasteiger partial charge in [-0.1, -0.05) is 46.3 Å². The van der Waals surface area contributed by atoms with E-state index >= 15 is 0 Å². The number of hydrogen-bond donors (Lipinski definition) is 2. The molecule has 0 bridgehead atoms. The molecule has 1 fully saturated rings. The minimum atomic E-state index is -1.74. The second-order valence-electron chi connectivity index (χ2n) is 6.98. The molecule has 2 aromatic rings. The molecule has 0 saturated carbocycles. The molecule has 3 unspecified atom stereocenters. The summed E-state index contributed by atoms with van der Waals surface area (Å²) in [5.74, 6) is -1.74. The van der Waals surface area contributed by atoms with Crippen LogP contribution in [0.1, 0.15) is 17.0 Å². The lowest BCUT2D eigenvalue weighted by Gasteiger charge is -2.40. The van der Waals surface area contributed by atoms with E-state index in [4.69, 9.17) is 5.73 Å². The molecule has 0 aliphatic carbocycles. The third-order valence-corrected chi connectivity index (χ3v) is 6.38. The summed E-state index contributed by atoms with van der Waals surface area (Å²) in [4.78, 5) is 27.9. The molecule has 6 nitrogen and oxygen atoms in total. The molecule has 0 aromatic heterocycles. The first kappa shape index (κ1) is 17.7. The summed E-state index contributed by atoms with van der Waals surface area (Å²) in [5, 5.41) is 13.1. The van der Waals surface area contributed by atoms with Gasteiger partial charge in [-0.3, -0.25) is 14.5 Å². The van der Waals surface area contributed by atoms with Crippen molar-refractivity contribution < 1.29 is 9.59 Å². The Morgan fingerprint density at radius 2 is 1.96 bits per heavy atom. The fourth-order valence-corrected chi connectivity index (χ4v) is 4.99. The van der Waals surface area contributed by atoms with Crippen LogP contribution >= 0.6 is 15.9 Å². The topological polar surface area (TPSA) is 99.2 Å². The van der Waals surface area contributed by atoms with E-state index in [1.54, 1.807) is 36.2 Å². The molecule has 0 radical (unpaired) electrons. The zero-order valence-corrected chi connectivity index (χ0v) is 16.2. The molecule has 2 aliphatic rings. The number of likely N-dealkylation sites (N-methyl/N-ethyl adjacent to an activating group) is 1. The van der Waals surface area contributed by atoms with E-state index in [2.05, 4.69) is 27.3 Å². The minimum Gasteiger partial charge on any atom is -0.368 e. The van der Waals surface area contributed by atoms with Crippen molar-refractivity contribution in [2.24, 2.45) is 11.1 Å². The summed E-state index contributed by atoms with van der Waals surface area (Å²) < 4.78 is 0.887. The van der Waals surface area contributed by atoms with E-state index < -0.39 is 28.7 Å². The van der Waals surface area contributed by atoms with Crippen LogP contribution in [0.4, 0.5) is 5.69 Å². The van der Waals surface area contributed by atoms with Gasteiger partial charge in [0.1, 0.15) is 0 Å². The van der Waals surface area contributed by atoms with Crippen molar-refractivity contribution in [3.05, 3.63) is 64.1 Å². The third kappa shape index (κ3) is 2.02. The predicted molar refractivity (Wildman–Crippen MR) is 104 cm³/mol. The number of primary amides is 1. The number of para-hydroxylation sites is 1. The van der Waals surface area contributed by atoms with Crippen molar-refractivity contribution in [3.63, 3.8) is 0 Å². The Hall–Kier alpha value is -2.69. The Balaban J connectivity index is 2.03. The normalized spacial score (nSPS) is 29.4. The zero-order chi connectivity index (χ0) is 19.4. The van der Waals surface area contributed by atoms with E-state index in [0.717, 1.165) is 10.0 Å². The fourth-order valence-electron chi connectivity index (χ4n) is 4.73. The molecular formula is C20H17BrN4O2. The quantitative estimate of drug-likeness (QED) is 0.772. The smallest absolute Gasteiger partial charge is 0.251 e. The molecule has 3 N–H and O–H groups in total. The highest BCUT2D eigenvalue weighted by atomic mass is 79.9. The van der Waals surface area contributed by atoms with Crippen molar-refractivity contribution >= 4 is 33.4 Å². The number of carbonyl (C=O) groups is 2. The molecule has 7 heteroatoms. The van der Waals surface area contributed by atoms with Crippen LogP contribution in [0.3, 0.4) is 0 Å². The van der Waals surface area contributed by atoms with Gasteiger partial charge in [0, 0.05) is 28.2 Å². The lowest BCUT2D eigenvalue weighted by atomic mass is 9.61. The Morgan fingerprint density at radius 3 is 2.59 bits per heavy atom. The maximum absolute atomic E-state index is 13.3. The summed E-state index contributed by atoms with van der Waals surface area (Å²) >= 11 is 3.40. The van der Waals surface area contributed by atoms with Gasteiger partial charge in [-0.25, -0.2) is 0 Å². The SMILES string of the molecule is CN1CC(c2ccc(Br)cc2)C(C#N)(C(N)=O)C12C(=O)Nc1ccccc12. The number of anilines is 1. The lowest BCUT2D eigenvalue weighted by molar-refractivity contribution is -0.140. The first-order valence-corrected chi connectivity index (χ1v) is 9.27. The Kier molecular flexibility index (Phi) is 3.88. The van der Waals surface area contributed by atoms with Gasteiger partial charge in [-0.2, -0.15) is 5.26 Å². The monoisotopic (exact) mass is 424 g/mol. The minimum absolute atomic E-state index is 0.347. The van der Waals surface area contributed by atoms with E-state index in [9.17, 15) is 14.9 Å². The highest BCUT2D eigenvalue weighted by molar-refractivity contribution is 9.10. The maximum Gasteiger partial charge on any atom is 0.251 e. The number of rotatable bonds is 2. The van der Waals surface area contributed by atoms with Crippen LogP contribution in [-0.2, 0) is 15.1 Å². The fraction of sp³-hybridized carbons (Fsp3) is 0.250. The molecule has 2 aliphatic heterocycles. The molecule has 4 rings (SSSR count). The Bertz CT molecular complexity index is 1000. The first-order valence-electron chi connectivity index (χ1n) is 8.48. The standard InChI is InChI=1S/C20H17BrN4O2/c1-25-10-15(12-6-8-13(21)9-7-12)19(11-22,17(23)26)20(25)14-4-2-3-5-16(14)24-18(20)27/h2-9,15H,10H2,1H3,(H2,23,26)(H,24,27). The van der Waals surface area contributed by atoms with E-state index in [-0.39, 0.29) is 0 Å². The van der Waals surface area contributed by atoms with Crippen LogP contribution < -0.4 is 11.1 Å². The van der Waals surface area contributed by atoms with Crippen LogP contribution in [0.2, 0.25) is 0 Å². The number of amides is 2. The Morgan fingerprint density at radius 1 is 1.30 bits per heavy atom. The highest BCUT2D eigenvalue weighted by Crippen LogP contribution is 2.61. The summed E-state index contributed by atoms with van der Waals surface area (Å²) in [7, 11) is 1.76. The van der Waals surface area contributed by atoms with Crippen molar-refractivity contribution in [2.75, 3.05) is 18.9 Å². The van der Waals surface area contributed by atoms with Crippen LogP contribution in [0, 0.1) is 16.7 Å². The van der Waals surface area contributed by atoms with E-state index in [1.165, 1.54) is 0 Å². The predicted octanol–water partition coefficient (Wildman–Crippen LogP) is 2.32. The number of fused-ring (bicyclic) bond motifs is 2. The number of benzene rings is 2. The number of nitrogens with two attached hydrogens (primary N) is 1. The van der Waals surface area contributed by atoms with Gasteiger partial charge in [0.05, 0.1) is 6.07 Å². The van der Waals surface area contributed by atoms with Crippen molar-refractivity contribution in [2.45, 2.75) is 11.5 Å². The molecule has 1 spiro atoms. The number of hydrogen-bond acceptors (Lipinski definition) is 4. The van der Waals surface area contributed by atoms with Crippen molar-refractivity contribution in [1.82, 2.24) is 4.90 Å². The van der Waals surface area contributed by atoms with Gasteiger partial charge in [0.15, 0.2) is 11.0 Å². The summed E-state index contributed by atoms with van der Waals surface area (Å²) in [6, 6.07) is 16.8. The van der Waals surface area contributed by atoms with Gasteiger partial charge in [0.25, 0.3) is 5.91 Å². The average molecular weight is 425 g/mol. The zero-order valence-electron chi connectivity index (χ0n) is 14.6. The number of nitrogens with zero attached hydrogens (tertiary/aromatic N) is 2. The lowest BCUT2D eigenvalue weighted by Crippen LogP contribution is -2.60. The summed E-state index contributed by atoms with van der Waals surface area (Å²) in [6.45, 7) is 0.347. The molecule has 2 aromatic carbocycles. The second-order valence-corrected chi connectivity index (χ2v) is 7.89. The largest absolute Gasteiger partial charge is 0.368 e. The van der Waals surface area contributed by atoms with Gasteiger partial charge in [0.2, 0.25) is 5.91 Å². The van der Waals surface area contributed by atoms with E-state index in [0.29, 0.717) is 17.8 Å². The van der Waals surface area contributed by atoms with Gasteiger partial charge >= 0.3 is 0 Å². The molecule has 136 valence electrons. The third-order valence-electron chi connectivity index (χ3n) is 5.85. The van der Waals surface area contributed by atoms with Gasteiger partial charge < -0.3 is 11.1 Å². The van der Waals surface area contributed by atoms with Crippen LogP contribution in [-0.4, -0.2) is 30.3 Å². The number of halogens is 1. The van der Waals surface area contributed by atoms with Crippen molar-refractivity contribution in [3.8, 4) is 6.07 Å². The Labute approximate surface area is 165 Å². The second kappa shape index (κ2) is 5.91. The molecule has 3 atom stereocenters. The number of nitrogens with one attached hydrogen (secondary N) is 1. The summed E-state index contributed by atoms with van der Waals surface area (Å²) in [6.07, 6.45) is 0. The molecule has 27 heavy (non-hydrogen) atoms. The van der Waals surface area contributed by atoms with Gasteiger partial charge in [-0.15, -0.1) is 0 Å². The summed E-state index contributed by atoms with van der Waals surface area (Å²) in [5.41, 5.74) is 4.65. The highest BCUT2D eigenvalue weighted by Gasteiger charge is 2.74. The molecule has 2 amide bonds. The van der Waals surface area contributed by atoms with Crippen LogP contribution in [0.15, 0.2) is 53.0 Å². The van der Waals surface area contributed by atoms with Gasteiger partial charge in [-0.05, 0) is 30.8 Å². The number of carbonyl (C=O) groups excluding carboxylic acids is 2. The molecular weight excluding hydrogens is 408 g/mol. The average Bonchev–Trinajstić information content (AvgIpc) is 3.10. The van der Waals surface area contributed by atoms with Crippen molar-refractivity contribution in [1.29, 1.82) is 5.26 Å². The maximum atomic E-state index is 13.3. The number of nitriles is 1. The number of likely N-dealkylation sites (tertiary alicyclic amines) is 1. The first-order chi connectivity index (χ1) is 12.9. The van der Waals surface area contributed by atoms with Crippen LogP contribution in [0.25, 0.3) is 0 Å². The van der Waals surface area contributed by atoms with Crippen LogP contribution in [0.5, 0.6) is 0 Å². The molecule has 1 saturated heterocycles. The van der Waals surface area contributed by atoms with E-state index in [1.807, 2.05) is 24.3 Å². The molecule has 2 heterocycles.